The molecule has 11 nitrogen and oxygen atoms in total. The maximum Gasteiger partial charge on any atom is 0.407 e. The third kappa shape index (κ3) is 8.37. The van der Waals surface area contributed by atoms with Gasteiger partial charge in [-0.25, -0.2) is 13.6 Å². The molecular formula is C43H42F2N2O9S. The summed E-state index contributed by atoms with van der Waals surface area (Å²) in [6.45, 7) is 2.71. The molecule has 4 aromatic carbocycles. The highest BCUT2D eigenvalue weighted by atomic mass is 32.1. The molecule has 0 spiro atoms. The molecule has 2 aliphatic rings. The average molecular weight is 801 g/mol. The van der Waals surface area contributed by atoms with E-state index in [0.29, 0.717) is 35.5 Å². The molecule has 2 N–H and O–H groups in total. The Morgan fingerprint density at radius 2 is 1.49 bits per heavy atom. The van der Waals surface area contributed by atoms with Crippen LogP contribution in [0.3, 0.4) is 0 Å². The van der Waals surface area contributed by atoms with Crippen LogP contribution in [0.25, 0.3) is 21.2 Å². The molecular weight excluding hydrogens is 759 g/mol. The second-order valence-corrected chi connectivity index (χ2v) is 14.8. The van der Waals surface area contributed by atoms with Crippen LogP contribution in [0.4, 0.5) is 13.6 Å². The van der Waals surface area contributed by atoms with Gasteiger partial charge in [-0.2, -0.15) is 0 Å². The van der Waals surface area contributed by atoms with Gasteiger partial charge in [-0.3, -0.25) is 9.59 Å². The van der Waals surface area contributed by atoms with Crippen LogP contribution in [0.5, 0.6) is 23.0 Å². The Morgan fingerprint density at radius 1 is 0.842 bits per heavy atom. The summed E-state index contributed by atoms with van der Waals surface area (Å²) in [4.78, 5) is 38.7. The van der Waals surface area contributed by atoms with Gasteiger partial charge in [-0.05, 0) is 39.9 Å². The van der Waals surface area contributed by atoms with Crippen molar-refractivity contribution in [3.63, 3.8) is 0 Å². The molecule has 1 aliphatic carbocycles. The topological polar surface area (TPSA) is 131 Å². The molecule has 0 bridgehead atoms. The van der Waals surface area contributed by atoms with Gasteiger partial charge in [-0.1, -0.05) is 55.5 Å². The number of fused-ring (bicyclic) bond motifs is 5. The summed E-state index contributed by atoms with van der Waals surface area (Å²) in [6, 6.07) is 20.9. The number of nitrogens with one attached hydrogen (secondary N) is 2. The second-order valence-electron chi connectivity index (χ2n) is 13.7. The van der Waals surface area contributed by atoms with Gasteiger partial charge in [-0.15, -0.1) is 11.3 Å². The van der Waals surface area contributed by atoms with E-state index in [4.69, 9.17) is 28.4 Å². The van der Waals surface area contributed by atoms with Crippen molar-refractivity contribution in [2.24, 2.45) is 5.92 Å². The number of carbonyl (C=O) groups is 3. The van der Waals surface area contributed by atoms with Crippen LogP contribution in [0.2, 0.25) is 0 Å². The normalized spacial score (nSPS) is 13.4. The van der Waals surface area contributed by atoms with Gasteiger partial charge in [0.1, 0.15) is 13.2 Å². The zero-order valence-electron chi connectivity index (χ0n) is 31.7. The van der Waals surface area contributed by atoms with Gasteiger partial charge in [0.2, 0.25) is 0 Å². The Labute approximate surface area is 332 Å². The van der Waals surface area contributed by atoms with Crippen molar-refractivity contribution < 1.29 is 51.6 Å². The van der Waals surface area contributed by atoms with E-state index in [2.05, 4.69) is 22.8 Å². The van der Waals surface area contributed by atoms with E-state index >= 15 is 8.78 Å². The van der Waals surface area contributed by atoms with Gasteiger partial charge < -0.3 is 39.1 Å². The summed E-state index contributed by atoms with van der Waals surface area (Å²) in [6.07, 6.45) is -0.501. The van der Waals surface area contributed by atoms with Crippen LogP contribution in [0, 0.1) is 17.6 Å². The molecule has 1 aromatic heterocycles. The van der Waals surface area contributed by atoms with E-state index < -0.39 is 29.6 Å². The van der Waals surface area contributed by atoms with Crippen LogP contribution in [-0.4, -0.2) is 65.0 Å². The fourth-order valence-corrected chi connectivity index (χ4v) is 8.18. The number of amides is 1. The number of hydrogen-bond acceptors (Lipinski definition) is 11. The van der Waals surface area contributed by atoms with Crippen molar-refractivity contribution in [2.45, 2.75) is 38.8 Å². The van der Waals surface area contributed by atoms with E-state index in [-0.39, 0.29) is 78.6 Å². The Bertz CT molecular complexity index is 2270. The zero-order chi connectivity index (χ0) is 40.1. The molecule has 1 amide bonds. The average Bonchev–Trinajstić information content (AvgIpc) is 3.96. The maximum absolute atomic E-state index is 15.8. The summed E-state index contributed by atoms with van der Waals surface area (Å²) < 4.78 is 64.3. The summed E-state index contributed by atoms with van der Waals surface area (Å²) in [5.74, 6) is -2.68. The molecule has 1 aliphatic heterocycles. The first-order chi connectivity index (χ1) is 27.7. The number of ketones is 1. The fraction of sp³-hybridized carbons (Fsp3) is 0.326. The lowest BCUT2D eigenvalue weighted by Crippen LogP contribution is -2.30. The smallest absolute Gasteiger partial charge is 0.407 e. The third-order valence-corrected chi connectivity index (χ3v) is 11.2. The molecule has 5 aromatic rings. The molecule has 2 heterocycles. The highest BCUT2D eigenvalue weighted by Gasteiger charge is 2.29. The Hall–Kier alpha value is -5.73. The minimum atomic E-state index is -0.792. The summed E-state index contributed by atoms with van der Waals surface area (Å²) in [5, 5.41) is 5.88. The van der Waals surface area contributed by atoms with E-state index in [1.807, 2.05) is 36.4 Å². The first-order valence-corrected chi connectivity index (χ1v) is 19.4. The molecule has 0 fully saturated rings. The number of methoxy groups -OCH3 is 2. The molecule has 0 saturated carbocycles. The first-order valence-electron chi connectivity index (χ1n) is 18.6. The van der Waals surface area contributed by atoms with Crippen LogP contribution in [0.15, 0.2) is 66.7 Å². The zero-order valence-corrected chi connectivity index (χ0v) is 32.5. The minimum absolute atomic E-state index is 0.0197. The van der Waals surface area contributed by atoms with E-state index in [9.17, 15) is 14.4 Å². The molecule has 298 valence electrons. The van der Waals surface area contributed by atoms with Gasteiger partial charge in [0.15, 0.2) is 40.4 Å². The molecule has 14 heteroatoms. The lowest BCUT2D eigenvalue weighted by molar-refractivity contribution is -0.147. The van der Waals surface area contributed by atoms with Crippen LogP contribution < -0.4 is 29.6 Å². The SMILES string of the molecule is COc1cc2c(c(F)c1OCCCOc1c(OC)cc3sc(C(=O)C[C@H](C)C(=O)OCCNC(=O)OCC4c5ccccc5-c5ccccc54)cc3c1F)CNC2. The largest absolute Gasteiger partial charge is 0.493 e. The minimum Gasteiger partial charge on any atom is -0.493 e. The van der Waals surface area contributed by atoms with E-state index in [1.54, 1.807) is 19.1 Å². The monoisotopic (exact) mass is 800 g/mol. The number of carbonyl (C=O) groups excluding carboxylic acids is 3. The number of alkyl carbamates (subject to hydrolysis) is 1. The number of Topliss-reactive ketones (excluding diaryl/α,β-unsaturated/α-hetero) is 1. The number of ether oxygens (including phenoxy) is 6. The van der Waals surface area contributed by atoms with Gasteiger partial charge in [0.05, 0.1) is 44.8 Å². The molecule has 7 rings (SSSR count). The molecule has 0 unspecified atom stereocenters. The van der Waals surface area contributed by atoms with Gasteiger partial charge in [0, 0.05) is 53.6 Å². The van der Waals surface area contributed by atoms with Gasteiger partial charge in [0.25, 0.3) is 0 Å². The molecule has 1 atom stereocenters. The molecule has 57 heavy (non-hydrogen) atoms. The quantitative estimate of drug-likeness (QED) is 0.0543. The predicted molar refractivity (Wildman–Crippen MR) is 210 cm³/mol. The van der Waals surface area contributed by atoms with Crippen LogP contribution >= 0.6 is 11.3 Å². The molecule has 0 saturated heterocycles. The van der Waals surface area contributed by atoms with Crippen molar-refractivity contribution in [1.82, 2.24) is 10.6 Å². The highest BCUT2D eigenvalue weighted by molar-refractivity contribution is 7.20. The summed E-state index contributed by atoms with van der Waals surface area (Å²) in [7, 11) is 2.83. The summed E-state index contributed by atoms with van der Waals surface area (Å²) in [5.41, 5.74) is 5.82. The summed E-state index contributed by atoms with van der Waals surface area (Å²) >= 11 is 1.07. The van der Waals surface area contributed by atoms with E-state index in [0.717, 1.165) is 39.2 Å². The van der Waals surface area contributed by atoms with Crippen LogP contribution in [-0.2, 0) is 27.4 Å². The highest BCUT2D eigenvalue weighted by Crippen LogP contribution is 2.45. The first kappa shape index (κ1) is 39.5. The number of thiophene rings is 1. The molecule has 0 radical (unpaired) electrons. The Balaban J connectivity index is 0.862. The fourth-order valence-electron chi connectivity index (χ4n) is 7.14. The second kappa shape index (κ2) is 17.6. The van der Waals surface area contributed by atoms with Crippen molar-refractivity contribution in [2.75, 3.05) is 47.2 Å². The predicted octanol–water partition coefficient (Wildman–Crippen LogP) is 7.94. The number of rotatable bonds is 17. The Morgan fingerprint density at radius 3 is 2.18 bits per heavy atom. The number of hydrogen-bond donors (Lipinski definition) is 2. The van der Waals surface area contributed by atoms with E-state index in [1.165, 1.54) is 20.3 Å². The third-order valence-electron chi connectivity index (χ3n) is 10.0. The maximum atomic E-state index is 15.8. The van der Waals surface area contributed by atoms with Crippen molar-refractivity contribution in [3.8, 4) is 34.1 Å². The standard InChI is InChI=1S/C43H42F2N2O9S/c1-24(42(49)55-16-13-47-43(50)56-23-32-28-11-6-4-9-26(28)27-10-5-7-12-29(27)32)17-33(48)37-19-30-36(57-37)20-35(52-3)41(38(30)44)54-15-8-14-53-40-34(51-2)18-25-21-46-22-31(25)39(40)45/h4-7,9-12,18-20,24,32,46H,8,13-17,21-23H2,1-3H3,(H,47,50)/t24-/m0/s1. The number of esters is 1. The van der Waals surface area contributed by atoms with Crippen molar-refractivity contribution in [3.05, 3.63) is 105 Å². The number of benzene rings is 4. The van der Waals surface area contributed by atoms with Crippen molar-refractivity contribution in [1.29, 1.82) is 0 Å². The number of halogens is 2. The van der Waals surface area contributed by atoms with Crippen LogP contribution in [0.1, 0.15) is 57.6 Å². The lowest BCUT2D eigenvalue weighted by atomic mass is 9.98. The van der Waals surface area contributed by atoms with Gasteiger partial charge >= 0.3 is 12.1 Å². The van der Waals surface area contributed by atoms with Crippen molar-refractivity contribution >= 4 is 39.3 Å². The lowest BCUT2D eigenvalue weighted by Gasteiger charge is -2.15. The Kier molecular flexibility index (Phi) is 12.2.